The molecule has 3 heterocycles. The summed E-state index contributed by atoms with van der Waals surface area (Å²) in [5.41, 5.74) is 0.762. The zero-order valence-electron chi connectivity index (χ0n) is 15.3. The van der Waals surface area contributed by atoms with Crippen LogP contribution >= 0.6 is 12.4 Å². The first kappa shape index (κ1) is 20.2. The fraction of sp³-hybridized carbons (Fsp3) is 0.350. The summed E-state index contributed by atoms with van der Waals surface area (Å²) >= 11 is 0. The van der Waals surface area contributed by atoms with E-state index in [0.29, 0.717) is 23.3 Å². The molecule has 2 aromatic heterocycles. The molecule has 4 rings (SSSR count). The van der Waals surface area contributed by atoms with Gasteiger partial charge in [-0.05, 0) is 68.6 Å². The van der Waals surface area contributed by atoms with Crippen LogP contribution in [0.5, 0.6) is 11.6 Å². The largest absolute Gasteiger partial charge is 0.439 e. The first-order valence-corrected chi connectivity index (χ1v) is 9.19. The summed E-state index contributed by atoms with van der Waals surface area (Å²) in [6, 6.07) is 9.34. The number of hydrogen-bond donors (Lipinski definition) is 1. The predicted molar refractivity (Wildman–Crippen MR) is 105 cm³/mol. The Morgan fingerprint density at radius 3 is 2.61 bits per heavy atom. The van der Waals surface area contributed by atoms with Gasteiger partial charge < -0.3 is 14.6 Å². The van der Waals surface area contributed by atoms with Crippen molar-refractivity contribution in [2.45, 2.75) is 25.7 Å². The lowest BCUT2D eigenvalue weighted by Crippen LogP contribution is -2.27. The number of pyridine rings is 1. The summed E-state index contributed by atoms with van der Waals surface area (Å²) < 4.78 is 23.9. The molecule has 0 saturated carbocycles. The summed E-state index contributed by atoms with van der Waals surface area (Å²) in [7, 11) is 0. The second kappa shape index (κ2) is 9.61. The fourth-order valence-corrected chi connectivity index (χ4v) is 3.17. The van der Waals surface area contributed by atoms with E-state index in [1.54, 1.807) is 24.4 Å². The number of benzene rings is 1. The number of nitrogens with zero attached hydrogens (tertiary/aromatic N) is 3. The molecule has 0 amide bonds. The van der Waals surface area contributed by atoms with Crippen LogP contribution in [-0.4, -0.2) is 28.2 Å². The summed E-state index contributed by atoms with van der Waals surface area (Å²) in [5, 5.41) is 7.43. The van der Waals surface area contributed by atoms with Crippen LogP contribution in [0.25, 0.3) is 11.4 Å². The van der Waals surface area contributed by atoms with Gasteiger partial charge in [0.25, 0.3) is 0 Å². The topological polar surface area (TPSA) is 73.1 Å². The molecule has 8 heteroatoms. The normalized spacial score (nSPS) is 14.5. The smallest absolute Gasteiger partial charge is 0.226 e. The molecule has 0 unspecified atom stereocenters. The third kappa shape index (κ3) is 5.27. The Morgan fingerprint density at radius 2 is 1.89 bits per heavy atom. The number of aryl methyl sites for hydroxylation is 1. The molecule has 28 heavy (non-hydrogen) atoms. The van der Waals surface area contributed by atoms with Gasteiger partial charge in [0.2, 0.25) is 17.6 Å². The second-order valence-corrected chi connectivity index (χ2v) is 6.68. The van der Waals surface area contributed by atoms with Gasteiger partial charge in [0.15, 0.2) is 0 Å². The number of aromatic nitrogens is 3. The lowest BCUT2D eigenvalue weighted by atomic mass is 9.93. The van der Waals surface area contributed by atoms with E-state index < -0.39 is 0 Å². The first-order chi connectivity index (χ1) is 13.3. The molecular weight excluding hydrogens is 383 g/mol. The van der Waals surface area contributed by atoms with Gasteiger partial charge in [-0.1, -0.05) is 5.16 Å². The van der Waals surface area contributed by atoms with Crippen LogP contribution < -0.4 is 10.1 Å². The van der Waals surface area contributed by atoms with Crippen molar-refractivity contribution in [3.05, 3.63) is 54.3 Å². The highest BCUT2D eigenvalue weighted by atomic mass is 35.5. The Bertz CT molecular complexity index is 865. The van der Waals surface area contributed by atoms with E-state index in [-0.39, 0.29) is 18.2 Å². The van der Waals surface area contributed by atoms with E-state index in [9.17, 15) is 4.39 Å². The predicted octanol–water partition coefficient (Wildman–Crippen LogP) is 4.42. The van der Waals surface area contributed by atoms with Crippen molar-refractivity contribution >= 4 is 12.4 Å². The number of nitrogens with one attached hydrogen (secondary N) is 1. The maximum absolute atomic E-state index is 12.9. The highest BCUT2D eigenvalue weighted by Crippen LogP contribution is 2.23. The maximum atomic E-state index is 12.9. The number of halogens is 2. The average molecular weight is 405 g/mol. The molecule has 0 bridgehead atoms. The fourth-order valence-electron chi connectivity index (χ4n) is 3.17. The molecular formula is C20H22ClFN4O2. The molecule has 148 valence electrons. The summed E-state index contributed by atoms with van der Waals surface area (Å²) in [4.78, 5) is 8.73. The van der Waals surface area contributed by atoms with E-state index in [1.165, 1.54) is 25.0 Å². The highest BCUT2D eigenvalue weighted by Gasteiger charge is 2.15. The Morgan fingerprint density at radius 1 is 1.11 bits per heavy atom. The van der Waals surface area contributed by atoms with Crippen molar-refractivity contribution < 1.29 is 13.7 Å². The molecule has 1 aromatic carbocycles. The minimum atomic E-state index is -0.307. The minimum Gasteiger partial charge on any atom is -0.439 e. The summed E-state index contributed by atoms with van der Waals surface area (Å²) in [6.45, 7) is 2.19. The molecule has 1 fully saturated rings. The van der Waals surface area contributed by atoms with Gasteiger partial charge in [-0.3, -0.25) is 0 Å². The Kier molecular flexibility index (Phi) is 6.95. The summed E-state index contributed by atoms with van der Waals surface area (Å²) in [6.07, 6.45) is 5.93. The van der Waals surface area contributed by atoms with Gasteiger partial charge in [-0.2, -0.15) is 4.98 Å². The van der Waals surface area contributed by atoms with Gasteiger partial charge in [0.1, 0.15) is 11.6 Å². The lowest BCUT2D eigenvalue weighted by molar-refractivity contribution is 0.324. The summed E-state index contributed by atoms with van der Waals surface area (Å²) in [5.74, 6) is 2.55. The zero-order valence-corrected chi connectivity index (χ0v) is 16.1. The van der Waals surface area contributed by atoms with E-state index in [2.05, 4.69) is 20.4 Å². The van der Waals surface area contributed by atoms with E-state index >= 15 is 0 Å². The Balaban J connectivity index is 0.00000225. The molecule has 0 radical (unpaired) electrons. The third-order valence-electron chi connectivity index (χ3n) is 4.72. The van der Waals surface area contributed by atoms with Gasteiger partial charge in [-0.25, -0.2) is 9.37 Å². The monoisotopic (exact) mass is 404 g/mol. The second-order valence-electron chi connectivity index (χ2n) is 6.68. The third-order valence-corrected chi connectivity index (χ3v) is 4.72. The minimum absolute atomic E-state index is 0. The Labute approximate surface area is 168 Å². The van der Waals surface area contributed by atoms with Crippen molar-refractivity contribution in [1.29, 1.82) is 0 Å². The standard InChI is InChI=1S/C20H21FN4O2.ClH/c21-16-3-5-17(6-4-16)26-18-8-2-15(13-23-18)20-24-19(27-25-20)7-1-14-9-11-22-12-10-14;/h2-6,8,13-14,22H,1,7,9-12H2;1H. The van der Waals surface area contributed by atoms with Gasteiger partial charge in [0, 0.05) is 24.2 Å². The number of ether oxygens (including phenoxy) is 1. The molecule has 3 aromatic rings. The number of hydrogen-bond acceptors (Lipinski definition) is 6. The molecule has 6 nitrogen and oxygen atoms in total. The number of rotatable bonds is 6. The van der Waals surface area contributed by atoms with Crippen molar-refractivity contribution in [1.82, 2.24) is 20.4 Å². The molecule has 1 aliphatic heterocycles. The van der Waals surface area contributed by atoms with Crippen molar-refractivity contribution in [2.75, 3.05) is 13.1 Å². The van der Waals surface area contributed by atoms with Crippen LogP contribution in [0, 0.1) is 11.7 Å². The van der Waals surface area contributed by atoms with Gasteiger partial charge in [-0.15, -0.1) is 12.4 Å². The Hall–Kier alpha value is -2.51. The first-order valence-electron chi connectivity index (χ1n) is 9.19. The highest BCUT2D eigenvalue weighted by molar-refractivity contribution is 5.85. The van der Waals surface area contributed by atoms with Crippen LogP contribution in [0.4, 0.5) is 4.39 Å². The van der Waals surface area contributed by atoms with E-state index in [0.717, 1.165) is 37.4 Å². The molecule has 0 atom stereocenters. The molecule has 0 spiro atoms. The van der Waals surface area contributed by atoms with E-state index in [1.807, 2.05) is 6.07 Å². The van der Waals surface area contributed by atoms with E-state index in [4.69, 9.17) is 9.26 Å². The van der Waals surface area contributed by atoms with Crippen molar-refractivity contribution in [3.8, 4) is 23.0 Å². The average Bonchev–Trinajstić information content (AvgIpc) is 3.19. The zero-order chi connectivity index (χ0) is 18.5. The van der Waals surface area contributed by atoms with Crippen LogP contribution in [0.15, 0.2) is 47.1 Å². The quantitative estimate of drug-likeness (QED) is 0.655. The van der Waals surface area contributed by atoms with Crippen LogP contribution in [0.1, 0.15) is 25.2 Å². The molecule has 0 aliphatic carbocycles. The lowest BCUT2D eigenvalue weighted by Gasteiger charge is -2.21. The molecule has 1 aliphatic rings. The molecule has 1 N–H and O–H groups in total. The number of piperidine rings is 1. The van der Waals surface area contributed by atoms with Crippen LogP contribution in [0.3, 0.4) is 0 Å². The van der Waals surface area contributed by atoms with Gasteiger partial charge >= 0.3 is 0 Å². The van der Waals surface area contributed by atoms with Crippen molar-refractivity contribution in [2.24, 2.45) is 5.92 Å². The maximum Gasteiger partial charge on any atom is 0.226 e. The SMILES string of the molecule is Cl.Fc1ccc(Oc2ccc(-c3noc(CCC4CCNCC4)n3)cn2)cc1. The van der Waals surface area contributed by atoms with Crippen molar-refractivity contribution in [3.63, 3.8) is 0 Å². The van der Waals surface area contributed by atoms with Gasteiger partial charge in [0.05, 0.1) is 0 Å². The molecule has 1 saturated heterocycles. The van der Waals surface area contributed by atoms with Crippen LogP contribution in [-0.2, 0) is 6.42 Å². The van der Waals surface area contributed by atoms with Crippen LogP contribution in [0.2, 0.25) is 0 Å².